The molecule has 0 saturated heterocycles. The van der Waals surface area contributed by atoms with Gasteiger partial charge in [-0.2, -0.15) is 0 Å². The van der Waals surface area contributed by atoms with Crippen molar-refractivity contribution in [1.82, 2.24) is 4.98 Å². The molecule has 1 unspecified atom stereocenters. The maximum Gasteiger partial charge on any atom is 0.128 e. The van der Waals surface area contributed by atoms with E-state index in [0.29, 0.717) is 11.3 Å². The summed E-state index contributed by atoms with van der Waals surface area (Å²) >= 11 is 0. The van der Waals surface area contributed by atoms with Gasteiger partial charge in [-0.1, -0.05) is 18.2 Å². The molecule has 3 N–H and O–H groups in total. The minimum absolute atomic E-state index is 0.154. The number of anilines is 2. The van der Waals surface area contributed by atoms with Crippen LogP contribution in [0.15, 0.2) is 54.7 Å². The van der Waals surface area contributed by atoms with E-state index >= 15 is 0 Å². The highest BCUT2D eigenvalue weighted by molar-refractivity contribution is 5.98. The van der Waals surface area contributed by atoms with Gasteiger partial charge in [0.25, 0.3) is 0 Å². The van der Waals surface area contributed by atoms with Crippen LogP contribution in [0.1, 0.15) is 18.5 Å². The van der Waals surface area contributed by atoms with Crippen LogP contribution in [0.5, 0.6) is 0 Å². The average Bonchev–Trinajstić information content (AvgIpc) is 2.51. The van der Waals surface area contributed by atoms with E-state index < -0.39 is 0 Å². The van der Waals surface area contributed by atoms with Gasteiger partial charge in [0, 0.05) is 22.8 Å². The van der Waals surface area contributed by atoms with E-state index in [2.05, 4.69) is 10.3 Å². The van der Waals surface area contributed by atoms with Crippen LogP contribution >= 0.6 is 0 Å². The monoisotopic (exact) mass is 281 g/mol. The van der Waals surface area contributed by atoms with Gasteiger partial charge >= 0.3 is 0 Å². The zero-order valence-electron chi connectivity index (χ0n) is 11.7. The number of nitrogens with two attached hydrogens (primary N) is 1. The van der Waals surface area contributed by atoms with E-state index in [1.807, 2.05) is 37.3 Å². The van der Waals surface area contributed by atoms with Crippen molar-refractivity contribution >= 4 is 22.3 Å². The number of nitrogens with zero attached hydrogens (tertiary/aromatic N) is 1. The Balaban J connectivity index is 1.99. The number of nitrogens with one attached hydrogen (secondary N) is 1. The summed E-state index contributed by atoms with van der Waals surface area (Å²) in [7, 11) is 0. The fourth-order valence-corrected chi connectivity index (χ4v) is 2.46. The molecule has 3 nitrogen and oxygen atoms in total. The minimum Gasteiger partial charge on any atom is -0.397 e. The van der Waals surface area contributed by atoms with Crippen molar-refractivity contribution in [2.75, 3.05) is 11.1 Å². The number of fused-ring (bicyclic) bond motifs is 1. The number of hydrogen-bond donors (Lipinski definition) is 2. The summed E-state index contributed by atoms with van der Waals surface area (Å²) in [5.74, 6) is -0.213. The molecule has 1 aromatic heterocycles. The molecular formula is C17H16FN3. The summed E-state index contributed by atoms with van der Waals surface area (Å²) in [6, 6.07) is 14.1. The molecule has 0 radical (unpaired) electrons. The lowest BCUT2D eigenvalue weighted by molar-refractivity contribution is 0.600. The zero-order valence-corrected chi connectivity index (χ0v) is 11.7. The van der Waals surface area contributed by atoms with Crippen molar-refractivity contribution in [1.29, 1.82) is 0 Å². The van der Waals surface area contributed by atoms with Gasteiger partial charge in [0.2, 0.25) is 0 Å². The number of halogens is 1. The van der Waals surface area contributed by atoms with Crippen molar-refractivity contribution in [3.8, 4) is 0 Å². The van der Waals surface area contributed by atoms with Gasteiger partial charge in [-0.15, -0.1) is 0 Å². The molecular weight excluding hydrogens is 265 g/mol. The van der Waals surface area contributed by atoms with E-state index in [4.69, 9.17) is 5.73 Å². The third-order valence-corrected chi connectivity index (χ3v) is 3.54. The lowest BCUT2D eigenvalue weighted by atomic mass is 10.1. The van der Waals surface area contributed by atoms with Crippen LogP contribution in [0.3, 0.4) is 0 Å². The summed E-state index contributed by atoms with van der Waals surface area (Å²) in [6.45, 7) is 1.93. The topological polar surface area (TPSA) is 50.9 Å². The molecule has 1 heterocycles. The highest BCUT2D eigenvalue weighted by Gasteiger charge is 2.12. The standard InChI is InChI=1S/C17H16FN3/c1-11(12-5-2-3-7-14(12)18)21-16-9-8-15(19)17-13(16)6-4-10-20-17/h2-11,21H,19H2,1H3. The van der Waals surface area contributed by atoms with E-state index in [1.165, 1.54) is 6.07 Å². The van der Waals surface area contributed by atoms with E-state index in [1.54, 1.807) is 18.3 Å². The summed E-state index contributed by atoms with van der Waals surface area (Å²) < 4.78 is 13.8. The van der Waals surface area contributed by atoms with Crippen LogP contribution in [-0.4, -0.2) is 4.98 Å². The third-order valence-electron chi connectivity index (χ3n) is 3.54. The molecule has 2 aromatic carbocycles. The Kier molecular flexibility index (Phi) is 3.44. The highest BCUT2D eigenvalue weighted by Crippen LogP contribution is 2.29. The molecule has 0 aliphatic heterocycles. The number of pyridine rings is 1. The van der Waals surface area contributed by atoms with Crippen LogP contribution in [0.2, 0.25) is 0 Å². The van der Waals surface area contributed by atoms with Gasteiger partial charge in [-0.25, -0.2) is 4.39 Å². The number of benzene rings is 2. The number of rotatable bonds is 3. The molecule has 0 aliphatic rings. The lowest BCUT2D eigenvalue weighted by Gasteiger charge is -2.18. The van der Waals surface area contributed by atoms with E-state index in [-0.39, 0.29) is 11.9 Å². The van der Waals surface area contributed by atoms with Crippen molar-refractivity contribution in [2.24, 2.45) is 0 Å². The van der Waals surface area contributed by atoms with E-state index in [9.17, 15) is 4.39 Å². The van der Waals surface area contributed by atoms with Gasteiger partial charge < -0.3 is 11.1 Å². The first kappa shape index (κ1) is 13.4. The second-order valence-corrected chi connectivity index (χ2v) is 4.99. The lowest BCUT2D eigenvalue weighted by Crippen LogP contribution is -2.09. The predicted octanol–water partition coefficient (Wildman–Crippen LogP) is 4.13. The molecule has 0 amide bonds. The highest BCUT2D eigenvalue weighted by atomic mass is 19.1. The number of hydrogen-bond acceptors (Lipinski definition) is 3. The Bertz CT molecular complexity index is 786. The van der Waals surface area contributed by atoms with Gasteiger partial charge in [0.1, 0.15) is 5.82 Å². The SMILES string of the molecule is CC(Nc1ccc(N)c2ncccc12)c1ccccc1F. The maximum atomic E-state index is 13.8. The Labute approximate surface area is 122 Å². The first-order valence-corrected chi connectivity index (χ1v) is 6.81. The molecule has 3 rings (SSSR count). The molecule has 0 spiro atoms. The zero-order chi connectivity index (χ0) is 14.8. The molecule has 0 aliphatic carbocycles. The van der Waals surface area contributed by atoms with Crippen LogP contribution in [0, 0.1) is 5.82 Å². The van der Waals surface area contributed by atoms with Crippen LogP contribution in [0.25, 0.3) is 10.9 Å². The van der Waals surface area contributed by atoms with Gasteiger partial charge in [0.15, 0.2) is 0 Å². The van der Waals surface area contributed by atoms with Gasteiger partial charge in [-0.3, -0.25) is 4.98 Å². The second kappa shape index (κ2) is 5.40. The van der Waals surface area contributed by atoms with Gasteiger partial charge in [-0.05, 0) is 37.3 Å². The largest absolute Gasteiger partial charge is 0.397 e. The molecule has 3 aromatic rings. The van der Waals surface area contributed by atoms with Crippen molar-refractivity contribution in [2.45, 2.75) is 13.0 Å². The summed E-state index contributed by atoms with van der Waals surface area (Å²) in [5, 5.41) is 4.26. The third kappa shape index (κ3) is 2.52. The van der Waals surface area contributed by atoms with Crippen LogP contribution in [-0.2, 0) is 0 Å². The fourth-order valence-electron chi connectivity index (χ4n) is 2.46. The summed E-state index contributed by atoms with van der Waals surface area (Å²) in [6.07, 6.45) is 1.71. The molecule has 0 fully saturated rings. The summed E-state index contributed by atoms with van der Waals surface area (Å²) in [5.41, 5.74) is 8.85. The smallest absolute Gasteiger partial charge is 0.128 e. The quantitative estimate of drug-likeness (QED) is 0.710. The molecule has 1 atom stereocenters. The van der Waals surface area contributed by atoms with Gasteiger partial charge in [0.05, 0.1) is 17.2 Å². The molecule has 21 heavy (non-hydrogen) atoms. The fraction of sp³-hybridized carbons (Fsp3) is 0.118. The Morgan fingerprint density at radius 1 is 1.10 bits per heavy atom. The second-order valence-electron chi connectivity index (χ2n) is 4.99. The average molecular weight is 281 g/mol. The molecule has 0 bridgehead atoms. The van der Waals surface area contributed by atoms with Crippen molar-refractivity contribution in [3.63, 3.8) is 0 Å². The predicted molar refractivity (Wildman–Crippen MR) is 84.6 cm³/mol. The summed E-state index contributed by atoms with van der Waals surface area (Å²) in [4.78, 5) is 4.30. The maximum absolute atomic E-state index is 13.8. The van der Waals surface area contributed by atoms with Crippen LogP contribution in [0.4, 0.5) is 15.8 Å². The minimum atomic E-state index is -0.213. The first-order chi connectivity index (χ1) is 10.2. The van der Waals surface area contributed by atoms with Crippen LogP contribution < -0.4 is 11.1 Å². The number of nitrogen functional groups attached to an aromatic ring is 1. The molecule has 106 valence electrons. The number of aromatic nitrogens is 1. The Morgan fingerprint density at radius 2 is 1.90 bits per heavy atom. The molecule has 4 heteroatoms. The van der Waals surface area contributed by atoms with E-state index in [0.717, 1.165) is 16.6 Å². The normalized spacial score (nSPS) is 12.3. The Hall–Kier alpha value is -2.62. The van der Waals surface area contributed by atoms with Crippen molar-refractivity contribution < 1.29 is 4.39 Å². The first-order valence-electron chi connectivity index (χ1n) is 6.81. The molecule has 0 saturated carbocycles. The van der Waals surface area contributed by atoms with Crippen molar-refractivity contribution in [3.05, 3.63) is 66.1 Å². The Morgan fingerprint density at radius 3 is 2.71 bits per heavy atom.